The summed E-state index contributed by atoms with van der Waals surface area (Å²) >= 11 is 0. The van der Waals surface area contributed by atoms with E-state index in [1.54, 1.807) is 0 Å². The van der Waals surface area contributed by atoms with Gasteiger partial charge in [0.25, 0.3) is 0 Å². The SMILES string of the molecule is c1ccc(-n2c3ccccc3c3cc(-c4ccccc4-c4ccc5oc6cccc(-c7nc(-c8cccc(-c9ccc%10c(c9)oc9ccccc9%10)c8)nc(-c8cccc(-n9c%10ccccc%10c%10ccccc%109)c8)n7)c6c5c4)ccc32)cc1. The zero-order valence-electron chi connectivity index (χ0n) is 44.0. The average molecular weight is 1050 g/mol. The molecule has 17 aromatic rings. The van der Waals surface area contributed by atoms with E-state index in [4.69, 9.17) is 23.8 Å². The molecule has 0 unspecified atom stereocenters. The highest BCUT2D eigenvalue weighted by atomic mass is 16.3. The maximum atomic E-state index is 6.74. The molecule has 5 heterocycles. The van der Waals surface area contributed by atoms with E-state index in [-0.39, 0.29) is 0 Å². The highest BCUT2D eigenvalue weighted by Gasteiger charge is 2.22. The van der Waals surface area contributed by atoms with Crippen molar-refractivity contribution in [3.63, 3.8) is 0 Å². The largest absolute Gasteiger partial charge is 0.456 e. The van der Waals surface area contributed by atoms with Crippen LogP contribution in [-0.2, 0) is 0 Å². The lowest BCUT2D eigenvalue weighted by atomic mass is 9.92. The number of aromatic nitrogens is 5. The standard InChI is InChI=1S/C75H45N5O2/c1-2-20-52(21-3-1)79-66-32-12-8-27-58(66)62-43-48(36-39-67(62)79)54-23-4-5-24-55(54)49-37-40-69-63(44-49)72-61(29-16-34-70(72)81-69)75-77-73(50-18-14-17-46(41-50)47-35-38-60-59-28-9-13-33-68(59)82-71(60)45-47)76-74(78-75)51-19-15-22-53(42-51)80-64-30-10-6-25-56(64)57-26-7-11-31-65(57)80/h1-45H. The summed E-state index contributed by atoms with van der Waals surface area (Å²) in [5.41, 5.74) is 19.1. The Morgan fingerprint density at radius 2 is 0.695 bits per heavy atom. The summed E-state index contributed by atoms with van der Waals surface area (Å²) in [5.74, 6) is 1.65. The predicted octanol–water partition coefficient (Wildman–Crippen LogP) is 19.9. The number of fused-ring (bicyclic) bond motifs is 12. The van der Waals surface area contributed by atoms with Crippen molar-refractivity contribution in [2.45, 2.75) is 0 Å². The summed E-state index contributed by atoms with van der Waals surface area (Å²) in [4.78, 5) is 16.2. The fourth-order valence-electron chi connectivity index (χ4n) is 12.6. The van der Waals surface area contributed by atoms with E-state index in [0.29, 0.717) is 17.5 Å². The van der Waals surface area contributed by atoms with Crippen LogP contribution in [0.2, 0.25) is 0 Å². The van der Waals surface area contributed by atoms with Crippen molar-refractivity contribution in [2.24, 2.45) is 0 Å². The van der Waals surface area contributed by atoms with Gasteiger partial charge < -0.3 is 18.0 Å². The number of furan rings is 2. The van der Waals surface area contributed by atoms with Crippen LogP contribution in [0, 0.1) is 0 Å². The topological polar surface area (TPSA) is 74.8 Å². The number of para-hydroxylation sites is 5. The molecule has 0 fully saturated rings. The van der Waals surface area contributed by atoms with Gasteiger partial charge in [0.15, 0.2) is 17.5 Å². The van der Waals surface area contributed by atoms with Gasteiger partial charge in [-0.05, 0) is 130 Å². The lowest BCUT2D eigenvalue weighted by Gasteiger charge is -2.13. The Hall–Kier alpha value is -11.2. The molecule has 12 aromatic carbocycles. The molecule has 5 aromatic heterocycles. The Labute approximate surface area is 469 Å². The van der Waals surface area contributed by atoms with Crippen molar-refractivity contribution in [2.75, 3.05) is 0 Å². The summed E-state index contributed by atoms with van der Waals surface area (Å²) in [6, 6.07) is 96.4. The molecule has 0 aliphatic heterocycles. The number of nitrogens with zero attached hydrogens (tertiary/aromatic N) is 5. The molecule has 7 heteroatoms. The third-order valence-electron chi connectivity index (χ3n) is 16.4. The maximum absolute atomic E-state index is 6.74. The molecule has 382 valence electrons. The van der Waals surface area contributed by atoms with E-state index in [1.165, 1.54) is 32.6 Å². The first kappa shape index (κ1) is 45.8. The molecule has 0 atom stereocenters. The molecule has 0 aliphatic carbocycles. The molecule has 82 heavy (non-hydrogen) atoms. The molecule has 0 aliphatic rings. The highest BCUT2D eigenvalue weighted by molar-refractivity contribution is 6.14. The van der Waals surface area contributed by atoms with Crippen LogP contribution < -0.4 is 0 Å². The lowest BCUT2D eigenvalue weighted by Crippen LogP contribution is -2.01. The van der Waals surface area contributed by atoms with Crippen LogP contribution in [0.15, 0.2) is 282 Å². The second kappa shape index (κ2) is 18.2. The summed E-state index contributed by atoms with van der Waals surface area (Å²) in [6.45, 7) is 0. The molecule has 0 amide bonds. The van der Waals surface area contributed by atoms with Gasteiger partial charge in [-0.2, -0.15) is 0 Å². The first-order valence-electron chi connectivity index (χ1n) is 27.6. The van der Waals surface area contributed by atoms with Gasteiger partial charge in [-0.15, -0.1) is 0 Å². The number of benzene rings is 12. The molecule has 0 spiro atoms. The highest BCUT2D eigenvalue weighted by Crippen LogP contribution is 2.43. The van der Waals surface area contributed by atoms with E-state index in [9.17, 15) is 0 Å². The summed E-state index contributed by atoms with van der Waals surface area (Å²) < 4.78 is 17.8. The number of hydrogen-bond donors (Lipinski definition) is 0. The van der Waals surface area contributed by atoms with Gasteiger partial charge in [0, 0.05) is 71.2 Å². The minimum Gasteiger partial charge on any atom is -0.456 e. The van der Waals surface area contributed by atoms with Crippen LogP contribution in [-0.4, -0.2) is 24.1 Å². The molecular weight excluding hydrogens is 1000 g/mol. The normalized spacial score (nSPS) is 11.9. The molecular formula is C75H45N5O2. The van der Waals surface area contributed by atoms with Crippen molar-refractivity contribution in [1.82, 2.24) is 24.1 Å². The first-order valence-corrected chi connectivity index (χ1v) is 27.6. The first-order chi connectivity index (χ1) is 40.6. The minimum absolute atomic E-state index is 0.540. The van der Waals surface area contributed by atoms with Gasteiger partial charge in [0.05, 0.1) is 22.1 Å². The van der Waals surface area contributed by atoms with Gasteiger partial charge in [-0.3, -0.25) is 0 Å². The fraction of sp³-hybridized carbons (Fsp3) is 0. The van der Waals surface area contributed by atoms with Crippen LogP contribution in [0.4, 0.5) is 0 Å². The van der Waals surface area contributed by atoms with E-state index in [0.717, 1.165) is 116 Å². The fourth-order valence-corrected chi connectivity index (χ4v) is 12.6. The zero-order valence-corrected chi connectivity index (χ0v) is 44.0. The van der Waals surface area contributed by atoms with Crippen molar-refractivity contribution >= 4 is 87.5 Å². The van der Waals surface area contributed by atoms with Gasteiger partial charge in [0.1, 0.15) is 22.3 Å². The van der Waals surface area contributed by atoms with E-state index in [1.807, 2.05) is 24.3 Å². The second-order valence-corrected chi connectivity index (χ2v) is 21.1. The third-order valence-corrected chi connectivity index (χ3v) is 16.4. The van der Waals surface area contributed by atoms with Gasteiger partial charge >= 0.3 is 0 Å². The zero-order chi connectivity index (χ0) is 53.8. The van der Waals surface area contributed by atoms with Crippen LogP contribution in [0.3, 0.4) is 0 Å². The summed E-state index contributed by atoms with van der Waals surface area (Å²) in [6.07, 6.45) is 0. The second-order valence-electron chi connectivity index (χ2n) is 21.1. The van der Waals surface area contributed by atoms with Crippen molar-refractivity contribution in [1.29, 1.82) is 0 Å². The Morgan fingerprint density at radius 3 is 1.44 bits per heavy atom. The van der Waals surface area contributed by atoms with Gasteiger partial charge in [-0.25, -0.2) is 15.0 Å². The van der Waals surface area contributed by atoms with Crippen LogP contribution in [0.1, 0.15) is 0 Å². The molecule has 0 N–H and O–H groups in total. The molecule has 0 bridgehead atoms. The smallest absolute Gasteiger partial charge is 0.164 e. The Morgan fingerprint density at radius 1 is 0.232 bits per heavy atom. The van der Waals surface area contributed by atoms with E-state index < -0.39 is 0 Å². The Kier molecular flexibility index (Phi) is 10.2. The van der Waals surface area contributed by atoms with Crippen molar-refractivity contribution in [3.05, 3.63) is 273 Å². The predicted molar refractivity (Wildman–Crippen MR) is 336 cm³/mol. The molecule has 0 radical (unpaired) electrons. The van der Waals surface area contributed by atoms with Crippen LogP contribution in [0.25, 0.3) is 166 Å². The monoisotopic (exact) mass is 1050 g/mol. The summed E-state index contributed by atoms with van der Waals surface area (Å²) in [7, 11) is 0. The Bertz CT molecular complexity index is 5380. The van der Waals surface area contributed by atoms with Crippen molar-refractivity contribution in [3.8, 4) is 78.9 Å². The van der Waals surface area contributed by atoms with Crippen LogP contribution in [0.5, 0.6) is 0 Å². The molecule has 0 saturated carbocycles. The van der Waals surface area contributed by atoms with Gasteiger partial charge in [0.2, 0.25) is 0 Å². The average Bonchev–Trinajstić information content (AvgIpc) is 4.50. The number of hydrogen-bond acceptors (Lipinski definition) is 5. The molecule has 7 nitrogen and oxygen atoms in total. The lowest BCUT2D eigenvalue weighted by molar-refractivity contribution is 0.668. The van der Waals surface area contributed by atoms with Crippen molar-refractivity contribution < 1.29 is 8.83 Å². The van der Waals surface area contributed by atoms with Crippen LogP contribution >= 0.6 is 0 Å². The summed E-state index contributed by atoms with van der Waals surface area (Å²) in [5, 5.41) is 8.91. The Balaban J connectivity index is 0.826. The minimum atomic E-state index is 0.540. The third kappa shape index (κ3) is 7.27. The molecule has 17 rings (SSSR count). The van der Waals surface area contributed by atoms with E-state index in [2.05, 4.69) is 258 Å². The quantitative estimate of drug-likeness (QED) is 0.152. The van der Waals surface area contributed by atoms with Gasteiger partial charge in [-0.1, -0.05) is 176 Å². The maximum Gasteiger partial charge on any atom is 0.164 e. The molecule has 0 saturated heterocycles. The van der Waals surface area contributed by atoms with E-state index >= 15 is 0 Å². The number of rotatable bonds is 8.